The SMILES string of the molecule is Cc1cc(F)c([N+](=O)[O-])cc1S(=O)(=O)NCC(O)C(N)=O. The van der Waals surface area contributed by atoms with Gasteiger partial charge in [-0.3, -0.25) is 14.9 Å². The van der Waals surface area contributed by atoms with E-state index in [1.54, 1.807) is 0 Å². The van der Waals surface area contributed by atoms with E-state index in [0.29, 0.717) is 12.1 Å². The van der Waals surface area contributed by atoms with Crippen molar-refractivity contribution in [3.05, 3.63) is 33.6 Å². The molecule has 0 saturated carbocycles. The number of amides is 1. The Morgan fingerprint density at radius 1 is 1.57 bits per heavy atom. The van der Waals surface area contributed by atoms with Crippen LogP contribution in [0.15, 0.2) is 17.0 Å². The number of halogens is 1. The summed E-state index contributed by atoms with van der Waals surface area (Å²) in [6, 6.07) is 1.26. The molecule has 1 amide bonds. The molecule has 4 N–H and O–H groups in total. The number of primary amides is 1. The van der Waals surface area contributed by atoms with Gasteiger partial charge in [-0.1, -0.05) is 0 Å². The minimum absolute atomic E-state index is 0.0702. The molecule has 9 nitrogen and oxygen atoms in total. The van der Waals surface area contributed by atoms with Crippen molar-refractivity contribution in [3.63, 3.8) is 0 Å². The van der Waals surface area contributed by atoms with Crippen LogP contribution in [0, 0.1) is 22.9 Å². The first-order chi connectivity index (χ1) is 9.56. The van der Waals surface area contributed by atoms with Gasteiger partial charge >= 0.3 is 5.69 Å². The van der Waals surface area contributed by atoms with E-state index in [-0.39, 0.29) is 5.56 Å². The molecule has 0 heterocycles. The highest BCUT2D eigenvalue weighted by Crippen LogP contribution is 2.25. The molecule has 1 unspecified atom stereocenters. The molecule has 0 aromatic heterocycles. The maximum absolute atomic E-state index is 13.3. The van der Waals surface area contributed by atoms with Gasteiger partial charge in [0.15, 0.2) is 0 Å². The van der Waals surface area contributed by atoms with Gasteiger partial charge in [-0.05, 0) is 18.6 Å². The number of aliphatic hydroxyl groups is 1. The molecule has 21 heavy (non-hydrogen) atoms. The average Bonchev–Trinajstić information content (AvgIpc) is 2.34. The topological polar surface area (TPSA) is 153 Å². The number of carbonyl (C=O) groups excluding carboxylic acids is 1. The van der Waals surface area contributed by atoms with E-state index in [2.05, 4.69) is 0 Å². The number of nitro groups is 1. The lowest BCUT2D eigenvalue weighted by Gasteiger charge is -2.11. The maximum atomic E-state index is 13.3. The number of aliphatic hydroxyl groups excluding tert-OH is 1. The second kappa shape index (κ2) is 6.11. The summed E-state index contributed by atoms with van der Waals surface area (Å²) < 4.78 is 39.1. The van der Waals surface area contributed by atoms with Crippen LogP contribution in [0.3, 0.4) is 0 Å². The molecule has 0 aliphatic carbocycles. The summed E-state index contributed by atoms with van der Waals surface area (Å²) >= 11 is 0. The van der Waals surface area contributed by atoms with Gasteiger partial charge in [0.25, 0.3) is 0 Å². The Hall–Kier alpha value is -2.11. The summed E-state index contributed by atoms with van der Waals surface area (Å²) in [6.45, 7) is 0.536. The molecule has 1 aromatic rings. The van der Waals surface area contributed by atoms with Crippen LogP contribution in [-0.4, -0.2) is 37.0 Å². The number of nitro benzene ring substituents is 1. The average molecular weight is 321 g/mol. The normalized spacial score (nSPS) is 12.9. The molecule has 116 valence electrons. The van der Waals surface area contributed by atoms with Crippen LogP contribution in [0.4, 0.5) is 10.1 Å². The molecule has 0 bridgehead atoms. The number of hydrogen-bond donors (Lipinski definition) is 3. The molecule has 0 aliphatic heterocycles. The van der Waals surface area contributed by atoms with E-state index in [9.17, 15) is 27.7 Å². The number of hydrogen-bond acceptors (Lipinski definition) is 6. The zero-order valence-electron chi connectivity index (χ0n) is 10.7. The largest absolute Gasteiger partial charge is 0.382 e. The summed E-state index contributed by atoms with van der Waals surface area (Å²) in [4.78, 5) is 19.6. The van der Waals surface area contributed by atoms with Crippen molar-refractivity contribution in [1.82, 2.24) is 4.72 Å². The Morgan fingerprint density at radius 3 is 2.62 bits per heavy atom. The Morgan fingerprint density at radius 2 is 2.14 bits per heavy atom. The predicted molar refractivity (Wildman–Crippen MR) is 68.2 cm³/mol. The predicted octanol–water partition coefficient (Wildman–Crippen LogP) is -0.833. The summed E-state index contributed by atoms with van der Waals surface area (Å²) in [6.07, 6.45) is -1.75. The second-order valence-electron chi connectivity index (χ2n) is 4.10. The molecule has 11 heteroatoms. The fourth-order valence-electron chi connectivity index (χ4n) is 1.44. The standard InChI is InChI=1S/C10H12FN3O6S/c1-5-2-6(11)7(14(17)18)3-9(5)21(19,20)13-4-8(15)10(12)16/h2-3,8,13,15H,4H2,1H3,(H2,12,16). The number of nitrogens with zero attached hydrogens (tertiary/aromatic N) is 1. The van der Waals surface area contributed by atoms with Gasteiger partial charge in [-0.25, -0.2) is 13.1 Å². The molecular weight excluding hydrogens is 309 g/mol. The highest BCUT2D eigenvalue weighted by atomic mass is 32.2. The van der Waals surface area contributed by atoms with Gasteiger partial charge in [0.05, 0.1) is 9.82 Å². The van der Waals surface area contributed by atoms with Crippen LogP contribution in [0.2, 0.25) is 0 Å². The molecule has 0 saturated heterocycles. The Kier molecular flexibility index (Phi) is 4.93. The van der Waals surface area contributed by atoms with Crippen LogP contribution < -0.4 is 10.5 Å². The van der Waals surface area contributed by atoms with E-state index >= 15 is 0 Å². The van der Waals surface area contributed by atoms with Gasteiger partial charge in [-0.2, -0.15) is 4.39 Å². The van der Waals surface area contributed by atoms with Gasteiger partial charge in [-0.15, -0.1) is 0 Å². The molecule has 0 radical (unpaired) electrons. The van der Waals surface area contributed by atoms with Crippen molar-refractivity contribution in [2.24, 2.45) is 5.73 Å². The van der Waals surface area contributed by atoms with Crippen LogP contribution in [0.5, 0.6) is 0 Å². The Bertz CT molecular complexity index is 690. The van der Waals surface area contributed by atoms with Crippen LogP contribution in [0.1, 0.15) is 5.56 Å². The lowest BCUT2D eigenvalue weighted by molar-refractivity contribution is -0.387. The molecule has 0 fully saturated rings. The smallest absolute Gasteiger partial charge is 0.306 e. The van der Waals surface area contributed by atoms with Crippen LogP contribution in [-0.2, 0) is 14.8 Å². The van der Waals surface area contributed by atoms with Gasteiger partial charge in [0, 0.05) is 12.6 Å². The first kappa shape index (κ1) is 16.9. The van der Waals surface area contributed by atoms with E-state index < -0.39 is 49.9 Å². The second-order valence-corrected chi connectivity index (χ2v) is 5.83. The Labute approximate surface area is 118 Å². The lowest BCUT2D eigenvalue weighted by Crippen LogP contribution is -2.40. The van der Waals surface area contributed by atoms with Crippen molar-refractivity contribution in [3.8, 4) is 0 Å². The third kappa shape index (κ3) is 3.93. The fraction of sp³-hybridized carbons (Fsp3) is 0.300. The van der Waals surface area contributed by atoms with Crippen LogP contribution in [0.25, 0.3) is 0 Å². The molecular formula is C10H12FN3O6S. The van der Waals surface area contributed by atoms with E-state index in [0.717, 1.165) is 0 Å². The molecule has 1 aromatic carbocycles. The van der Waals surface area contributed by atoms with E-state index in [1.165, 1.54) is 6.92 Å². The number of nitrogens with two attached hydrogens (primary N) is 1. The molecule has 0 aliphatic rings. The zero-order chi connectivity index (χ0) is 16.4. The lowest BCUT2D eigenvalue weighted by atomic mass is 10.2. The summed E-state index contributed by atoms with van der Waals surface area (Å²) in [7, 11) is -4.28. The fourth-order valence-corrected chi connectivity index (χ4v) is 2.72. The number of carbonyl (C=O) groups is 1. The third-order valence-electron chi connectivity index (χ3n) is 2.53. The highest BCUT2D eigenvalue weighted by molar-refractivity contribution is 7.89. The molecule has 1 rings (SSSR count). The van der Waals surface area contributed by atoms with Gasteiger partial charge in [0.2, 0.25) is 21.7 Å². The Balaban J connectivity index is 3.17. The van der Waals surface area contributed by atoms with Crippen molar-refractivity contribution in [2.45, 2.75) is 17.9 Å². The van der Waals surface area contributed by atoms with Gasteiger partial charge in [0.1, 0.15) is 6.10 Å². The first-order valence-corrected chi connectivity index (χ1v) is 6.96. The maximum Gasteiger partial charge on any atom is 0.306 e. The monoisotopic (exact) mass is 321 g/mol. The van der Waals surface area contributed by atoms with Crippen LogP contribution >= 0.6 is 0 Å². The highest BCUT2D eigenvalue weighted by Gasteiger charge is 2.25. The number of sulfonamides is 1. The number of aryl methyl sites for hydroxylation is 1. The summed E-state index contributed by atoms with van der Waals surface area (Å²) in [5.74, 6) is -2.31. The van der Waals surface area contributed by atoms with E-state index in [1.807, 2.05) is 4.72 Å². The van der Waals surface area contributed by atoms with Crippen molar-refractivity contribution in [1.29, 1.82) is 0 Å². The number of benzene rings is 1. The van der Waals surface area contributed by atoms with Gasteiger partial charge < -0.3 is 10.8 Å². The minimum atomic E-state index is -4.28. The third-order valence-corrected chi connectivity index (χ3v) is 4.09. The summed E-state index contributed by atoms with van der Waals surface area (Å²) in [5.41, 5.74) is 3.68. The number of rotatable bonds is 6. The zero-order valence-corrected chi connectivity index (χ0v) is 11.6. The number of nitrogens with one attached hydrogen (secondary N) is 1. The molecule has 1 atom stereocenters. The minimum Gasteiger partial charge on any atom is -0.382 e. The van der Waals surface area contributed by atoms with Crippen molar-refractivity contribution >= 4 is 21.6 Å². The molecule has 0 spiro atoms. The van der Waals surface area contributed by atoms with Crippen molar-refractivity contribution in [2.75, 3.05) is 6.54 Å². The summed E-state index contributed by atoms with van der Waals surface area (Å²) in [5, 5.41) is 19.7. The van der Waals surface area contributed by atoms with Crippen molar-refractivity contribution < 1.29 is 27.6 Å². The van der Waals surface area contributed by atoms with E-state index in [4.69, 9.17) is 10.8 Å². The first-order valence-electron chi connectivity index (χ1n) is 5.48. The quantitative estimate of drug-likeness (QED) is 0.459.